The molecule has 8 heteroatoms. The molecule has 0 unspecified atom stereocenters. The van der Waals surface area contributed by atoms with Gasteiger partial charge in [0, 0.05) is 30.9 Å². The molecular formula is C26H33N3O4S. The Hall–Kier alpha value is -3.13. The van der Waals surface area contributed by atoms with E-state index in [2.05, 4.69) is 37.4 Å². The zero-order chi connectivity index (χ0) is 24.9. The van der Waals surface area contributed by atoms with E-state index in [9.17, 15) is 18.0 Å². The Balaban J connectivity index is 1.72. The van der Waals surface area contributed by atoms with E-state index < -0.39 is 10.0 Å². The minimum Gasteiger partial charge on any atom is -0.352 e. The summed E-state index contributed by atoms with van der Waals surface area (Å²) in [6, 6.07) is 13.2. The Morgan fingerprint density at radius 3 is 2.50 bits per heavy atom. The zero-order valence-corrected chi connectivity index (χ0v) is 20.8. The Bertz CT molecular complexity index is 1150. The minimum atomic E-state index is -3.81. The van der Waals surface area contributed by atoms with Gasteiger partial charge in [-0.3, -0.25) is 14.3 Å². The van der Waals surface area contributed by atoms with Gasteiger partial charge in [-0.05, 0) is 54.2 Å². The molecule has 2 aromatic carbocycles. The summed E-state index contributed by atoms with van der Waals surface area (Å²) in [4.78, 5) is 27.2. The molecule has 0 saturated carbocycles. The predicted molar refractivity (Wildman–Crippen MR) is 134 cm³/mol. The first-order chi connectivity index (χ1) is 16.0. The van der Waals surface area contributed by atoms with Gasteiger partial charge in [0.1, 0.15) is 0 Å². The molecule has 1 aliphatic rings. The summed E-state index contributed by atoms with van der Waals surface area (Å²) in [5.41, 5.74) is 1.64. The molecule has 0 bridgehead atoms. The molecule has 0 aromatic heterocycles. The zero-order valence-electron chi connectivity index (χ0n) is 20.0. The van der Waals surface area contributed by atoms with Crippen LogP contribution in [0.1, 0.15) is 49.5 Å². The van der Waals surface area contributed by atoms with Crippen molar-refractivity contribution in [3.05, 3.63) is 72.3 Å². The topological polar surface area (TPSA) is 95.6 Å². The minimum absolute atomic E-state index is 0.0792. The molecule has 34 heavy (non-hydrogen) atoms. The second-order valence-corrected chi connectivity index (χ2v) is 11.3. The standard InChI is InChI=1S/C26H33N3O4S/c1-5-15-27-24(30)20-9-7-16-29(18-20)25(31)19-8-6-10-22(17-19)28-34(32,33)23-13-11-21(12-14-23)26(2,3)4/h5-6,8,10-14,17,20,28H,1,7,9,15-16,18H2,2-4H3,(H,27,30)/t20-/m1/s1. The maximum absolute atomic E-state index is 13.1. The number of anilines is 1. The molecule has 2 N–H and O–H groups in total. The molecule has 3 rings (SSSR count). The van der Waals surface area contributed by atoms with Crippen LogP contribution in [-0.2, 0) is 20.2 Å². The Morgan fingerprint density at radius 1 is 1.15 bits per heavy atom. The van der Waals surface area contributed by atoms with E-state index >= 15 is 0 Å². The molecule has 1 fully saturated rings. The second-order valence-electron chi connectivity index (χ2n) is 9.58. The fourth-order valence-electron chi connectivity index (χ4n) is 3.94. The maximum atomic E-state index is 13.1. The fraction of sp³-hybridized carbons (Fsp3) is 0.385. The van der Waals surface area contributed by atoms with Crippen LogP contribution in [0, 0.1) is 5.92 Å². The maximum Gasteiger partial charge on any atom is 0.261 e. The first-order valence-electron chi connectivity index (χ1n) is 11.4. The van der Waals surface area contributed by atoms with E-state index in [1.54, 1.807) is 41.3 Å². The van der Waals surface area contributed by atoms with E-state index in [1.165, 1.54) is 6.07 Å². The van der Waals surface area contributed by atoms with Crippen molar-refractivity contribution in [1.82, 2.24) is 10.2 Å². The predicted octanol–water partition coefficient (Wildman–Crippen LogP) is 3.94. The number of amides is 2. The van der Waals surface area contributed by atoms with Gasteiger partial charge in [-0.1, -0.05) is 45.0 Å². The summed E-state index contributed by atoms with van der Waals surface area (Å²) >= 11 is 0. The number of nitrogens with one attached hydrogen (secondary N) is 2. The summed E-state index contributed by atoms with van der Waals surface area (Å²) < 4.78 is 28.4. The van der Waals surface area contributed by atoms with Crippen LogP contribution >= 0.6 is 0 Å². The lowest BCUT2D eigenvalue weighted by Crippen LogP contribution is -2.45. The quantitative estimate of drug-likeness (QED) is 0.583. The molecule has 2 aromatic rings. The van der Waals surface area contributed by atoms with Gasteiger partial charge in [0.25, 0.3) is 15.9 Å². The largest absolute Gasteiger partial charge is 0.352 e. The molecule has 7 nitrogen and oxygen atoms in total. The lowest BCUT2D eigenvalue weighted by atomic mass is 9.87. The highest BCUT2D eigenvalue weighted by atomic mass is 32.2. The molecule has 0 radical (unpaired) electrons. The molecule has 182 valence electrons. The summed E-state index contributed by atoms with van der Waals surface area (Å²) in [6.45, 7) is 11.1. The van der Waals surface area contributed by atoms with Crippen molar-refractivity contribution in [3.63, 3.8) is 0 Å². The Kier molecular flexibility index (Phi) is 7.82. The molecule has 1 heterocycles. The third-order valence-corrected chi connectivity index (χ3v) is 7.29. The van der Waals surface area contributed by atoms with Crippen LogP contribution in [0.2, 0.25) is 0 Å². The van der Waals surface area contributed by atoms with Gasteiger partial charge in [0.15, 0.2) is 0 Å². The van der Waals surface area contributed by atoms with Crippen molar-refractivity contribution >= 4 is 27.5 Å². The van der Waals surface area contributed by atoms with Crippen molar-refractivity contribution in [2.75, 3.05) is 24.4 Å². The first kappa shape index (κ1) is 25.5. The summed E-state index contributed by atoms with van der Waals surface area (Å²) in [6.07, 6.45) is 3.07. The van der Waals surface area contributed by atoms with Gasteiger partial charge in [-0.15, -0.1) is 6.58 Å². The highest BCUT2D eigenvalue weighted by molar-refractivity contribution is 7.92. The lowest BCUT2D eigenvalue weighted by Gasteiger charge is -2.32. The summed E-state index contributed by atoms with van der Waals surface area (Å²) in [7, 11) is -3.81. The number of hydrogen-bond acceptors (Lipinski definition) is 4. The number of piperidine rings is 1. The van der Waals surface area contributed by atoms with Crippen LogP contribution < -0.4 is 10.0 Å². The summed E-state index contributed by atoms with van der Waals surface area (Å²) in [5, 5.41) is 2.79. The number of sulfonamides is 1. The number of hydrogen-bond donors (Lipinski definition) is 2. The lowest BCUT2D eigenvalue weighted by molar-refractivity contribution is -0.126. The third kappa shape index (κ3) is 6.26. The molecule has 2 amide bonds. The van der Waals surface area contributed by atoms with Gasteiger partial charge in [-0.25, -0.2) is 8.42 Å². The average molecular weight is 484 g/mol. The molecule has 0 spiro atoms. The monoisotopic (exact) mass is 483 g/mol. The number of rotatable bonds is 7. The number of likely N-dealkylation sites (tertiary alicyclic amines) is 1. The van der Waals surface area contributed by atoms with E-state index in [1.807, 2.05) is 12.1 Å². The van der Waals surface area contributed by atoms with Crippen molar-refractivity contribution in [2.24, 2.45) is 5.92 Å². The van der Waals surface area contributed by atoms with Crippen molar-refractivity contribution in [3.8, 4) is 0 Å². The highest BCUT2D eigenvalue weighted by Crippen LogP contribution is 2.25. The molecule has 1 atom stereocenters. The molecule has 1 saturated heterocycles. The van der Waals surface area contributed by atoms with Gasteiger partial charge >= 0.3 is 0 Å². The van der Waals surface area contributed by atoms with Crippen LogP contribution in [-0.4, -0.2) is 44.8 Å². The first-order valence-corrected chi connectivity index (χ1v) is 12.9. The van der Waals surface area contributed by atoms with Crippen LogP contribution in [0.4, 0.5) is 5.69 Å². The van der Waals surface area contributed by atoms with Crippen LogP contribution in [0.25, 0.3) is 0 Å². The normalized spacial score (nSPS) is 16.6. The van der Waals surface area contributed by atoms with E-state index in [-0.39, 0.29) is 28.0 Å². The smallest absolute Gasteiger partial charge is 0.261 e. The van der Waals surface area contributed by atoms with Gasteiger partial charge in [-0.2, -0.15) is 0 Å². The van der Waals surface area contributed by atoms with Gasteiger partial charge < -0.3 is 10.2 Å². The van der Waals surface area contributed by atoms with Crippen molar-refractivity contribution < 1.29 is 18.0 Å². The van der Waals surface area contributed by atoms with Crippen LogP contribution in [0.5, 0.6) is 0 Å². The average Bonchev–Trinajstić information content (AvgIpc) is 2.81. The SMILES string of the molecule is C=CCNC(=O)[C@@H]1CCCN(C(=O)c2cccc(NS(=O)(=O)c3ccc(C(C)(C)C)cc3)c2)C1. The number of benzene rings is 2. The van der Waals surface area contributed by atoms with Crippen LogP contribution in [0.3, 0.4) is 0 Å². The third-order valence-electron chi connectivity index (χ3n) is 5.89. The number of nitrogens with zero attached hydrogens (tertiary/aromatic N) is 1. The van der Waals surface area contributed by atoms with Crippen molar-refractivity contribution in [1.29, 1.82) is 0 Å². The van der Waals surface area contributed by atoms with E-state index in [0.717, 1.165) is 18.4 Å². The molecule has 0 aliphatic carbocycles. The highest BCUT2D eigenvalue weighted by Gasteiger charge is 2.29. The van der Waals surface area contributed by atoms with Gasteiger partial charge in [0.05, 0.1) is 10.8 Å². The van der Waals surface area contributed by atoms with Crippen LogP contribution in [0.15, 0.2) is 66.1 Å². The Labute approximate surface area is 202 Å². The number of carbonyl (C=O) groups excluding carboxylic acids is 2. The van der Waals surface area contributed by atoms with Gasteiger partial charge in [0.2, 0.25) is 5.91 Å². The Morgan fingerprint density at radius 2 is 1.85 bits per heavy atom. The number of carbonyl (C=O) groups is 2. The fourth-order valence-corrected chi connectivity index (χ4v) is 4.99. The molecule has 1 aliphatic heterocycles. The van der Waals surface area contributed by atoms with E-state index in [0.29, 0.717) is 30.9 Å². The summed E-state index contributed by atoms with van der Waals surface area (Å²) in [5.74, 6) is -0.580. The van der Waals surface area contributed by atoms with E-state index in [4.69, 9.17) is 0 Å². The van der Waals surface area contributed by atoms with Crippen molar-refractivity contribution in [2.45, 2.75) is 43.9 Å². The second kappa shape index (κ2) is 10.4. The molecular weight excluding hydrogens is 450 g/mol.